The SMILES string of the molecule is Cc1c[nH]c(C)c1-c1cc(-c2c(C)noc2C)cc2[nH]c(C3CC3)[n+](C)c12.Cc1nc(C)c(-c2cc(-c3c(C)noc3C)cc3[nH]c(C4CC4)nc23)c(C)n1.Cc1ncc(-c2cc(-c3c(C)noc3C)cc3[nH]c(C4CC4)nc23)c(C)n1.Cc1noc(C)c1-c1cc(-c2ccc3c(c2)C(=O)CC32CC2)c2nc(C3CC3)[nH]c2c1.Cc1noc(C)c1-c1cc(-c2cccc3c2CCC(=O)N3C)c2nc(C3CC3)[nH]c2c1. The lowest BCUT2D eigenvalue weighted by Crippen LogP contribution is -2.31. The molecule has 7 aromatic carbocycles. The molecule has 28 nitrogen and oxygen atoms in total. The third kappa shape index (κ3) is 16.2. The van der Waals surface area contributed by atoms with Gasteiger partial charge in [0.2, 0.25) is 5.91 Å². The highest BCUT2D eigenvalue weighted by Crippen LogP contribution is 2.58. The molecule has 1 spiro atoms. The molecule has 20 aromatic rings. The van der Waals surface area contributed by atoms with Gasteiger partial charge in [-0.1, -0.05) is 50.0 Å². The predicted molar refractivity (Wildman–Crippen MR) is 556 cm³/mol. The highest BCUT2D eigenvalue weighted by Gasteiger charge is 2.52. The number of amides is 1. The van der Waals surface area contributed by atoms with E-state index in [-0.39, 0.29) is 17.1 Å². The second-order valence-corrected chi connectivity index (χ2v) is 41.6. The standard InChI is InChI=1S/C26H23N3O2.C25H24N4O2.C22H23N5O.C22H24N4O.C21H21N5O/c1-13-23(14(2)31-29-13)17-10-18(24-21(11-17)27-25(28-24)15-3-4-15)16-5-6-20-19(9-16)22(30)12-26(20)7-8-26;1-13-23(14(2)31-28-13)16-11-19(24-20(12-16)26-25(27-24)15-7-8-15)17-5-4-6-21-18(17)9-10-22(30)29(21)3;1-10-19(11(2)24-14(5)23-10)17-8-16(20-12(3)27-28-13(20)4)9-18-21(17)26-22(25-18)15-6-7-15;1-11-10-23-12(2)19(11)17-8-16(20-13(3)25-27-14(20)4)9-18-21(17)26(5)22(24-18)15-6-7-15;1-10-17(9-22-13(4)23-10)16-7-15(19-11(2)26-27-12(19)3)8-18-20(16)25-21(24-18)14-5-6-14/h5-6,9-11,15H,3-4,7-8,12H2,1-2H3,(H,27,28);4-6,11-12,15H,7-10H2,1-3H3,(H,26,27);8-9,15H,6-7H2,1-5H3,(H,25,26);8-10,15,23H,6-7H2,1-5H3;7-9,14H,5-6H2,1-4H3,(H,24,25)/p+1. The molecular formula is C116H116N21O7+. The van der Waals surface area contributed by atoms with Gasteiger partial charge >= 0.3 is 0 Å². The molecule has 28 heteroatoms. The number of nitrogens with one attached hydrogen (secondary N) is 6. The van der Waals surface area contributed by atoms with Crippen LogP contribution >= 0.6 is 0 Å². The molecule has 14 heterocycles. The van der Waals surface area contributed by atoms with Gasteiger partial charge in [0.15, 0.2) is 16.8 Å². The Morgan fingerprint density at radius 3 is 1.19 bits per heavy atom. The molecule has 13 aromatic heterocycles. The van der Waals surface area contributed by atoms with Crippen molar-refractivity contribution < 1.29 is 36.8 Å². The molecule has 0 unspecified atom stereocenters. The molecule has 726 valence electrons. The highest BCUT2D eigenvalue weighted by atomic mass is 16.5. The van der Waals surface area contributed by atoms with Gasteiger partial charge in [-0.05, 0) is 330 Å². The third-order valence-corrected chi connectivity index (χ3v) is 30.8. The maximum absolute atomic E-state index is 12.8. The molecule has 1 amide bonds. The molecule has 1 aliphatic heterocycles. The summed E-state index contributed by atoms with van der Waals surface area (Å²) in [5, 5.41) is 20.7. The highest BCUT2D eigenvalue weighted by molar-refractivity contribution is 6.07. The van der Waals surface area contributed by atoms with E-state index >= 15 is 0 Å². The molecule has 0 saturated heterocycles. The van der Waals surface area contributed by atoms with Crippen molar-refractivity contribution in [2.75, 3.05) is 11.9 Å². The number of hydrogen-bond acceptors (Lipinski definition) is 20. The van der Waals surface area contributed by atoms with Gasteiger partial charge < -0.3 is 52.4 Å². The van der Waals surface area contributed by atoms with E-state index in [0.717, 1.165) is 284 Å². The number of benzene rings is 7. The van der Waals surface area contributed by atoms with Crippen LogP contribution in [-0.4, -0.2) is 114 Å². The van der Waals surface area contributed by atoms with Crippen molar-refractivity contribution in [1.82, 2.24) is 95.6 Å². The predicted octanol–water partition coefficient (Wildman–Crippen LogP) is 25.9. The molecule has 7 aliphatic carbocycles. The molecule has 8 aliphatic rings. The smallest absolute Gasteiger partial charge is 0.258 e. The number of H-pyrrole nitrogens is 6. The Morgan fingerprint density at radius 2 is 0.771 bits per heavy atom. The zero-order valence-corrected chi connectivity index (χ0v) is 85.0. The number of aromatic nitrogens is 20. The summed E-state index contributed by atoms with van der Waals surface area (Å²) in [5.41, 5.74) is 46.5. The number of Topliss-reactive ketones (excluding diaryl/α,β-unsaturated/α-hetero) is 1. The minimum absolute atomic E-state index is 0.143. The van der Waals surface area contributed by atoms with E-state index in [9.17, 15) is 9.59 Å². The largest absolute Gasteiger partial charge is 0.364 e. The van der Waals surface area contributed by atoms with Crippen molar-refractivity contribution in [3.8, 4) is 111 Å². The Kier molecular flexibility index (Phi) is 21.9. The van der Waals surface area contributed by atoms with Gasteiger partial charge in [0.1, 0.15) is 63.7 Å². The number of rotatable bonds is 15. The fraction of sp³-hybridized carbons (Fsp3) is 0.345. The molecule has 0 atom stereocenters. The summed E-state index contributed by atoms with van der Waals surface area (Å²) in [6.45, 7) is 33.9. The summed E-state index contributed by atoms with van der Waals surface area (Å²) in [6.07, 6.45) is 20.4. The first-order valence-electron chi connectivity index (χ1n) is 50.6. The van der Waals surface area contributed by atoms with Crippen LogP contribution in [0.2, 0.25) is 0 Å². The van der Waals surface area contributed by atoms with Crippen LogP contribution in [0, 0.1) is 118 Å². The minimum atomic E-state index is 0.143. The number of fused-ring (bicyclic) bond motifs is 8. The average molecular weight is 1920 g/mol. The number of ketones is 1. The van der Waals surface area contributed by atoms with Crippen LogP contribution in [0.25, 0.3) is 166 Å². The first kappa shape index (κ1) is 91.0. The molecule has 28 rings (SSSR count). The summed E-state index contributed by atoms with van der Waals surface area (Å²) in [5.74, 6) is 14.6. The summed E-state index contributed by atoms with van der Waals surface area (Å²) >= 11 is 0. The lowest BCUT2D eigenvalue weighted by Gasteiger charge is -2.27. The van der Waals surface area contributed by atoms with Gasteiger partial charge in [0.25, 0.3) is 5.82 Å². The van der Waals surface area contributed by atoms with Crippen LogP contribution in [-0.2, 0) is 23.7 Å². The fourth-order valence-electron chi connectivity index (χ4n) is 22.8. The van der Waals surface area contributed by atoms with Gasteiger partial charge in [0.05, 0.1) is 85.6 Å². The molecular weight excluding hydrogens is 1800 g/mol. The summed E-state index contributed by atoms with van der Waals surface area (Å²) < 4.78 is 29.5. The molecule has 6 N–H and O–H groups in total. The van der Waals surface area contributed by atoms with Crippen molar-refractivity contribution in [2.45, 2.75) is 249 Å². The third-order valence-electron chi connectivity index (χ3n) is 30.8. The Labute approximate surface area is 831 Å². The Morgan fingerprint density at radius 1 is 0.368 bits per heavy atom. The van der Waals surface area contributed by atoms with Crippen LogP contribution in [0.1, 0.15) is 267 Å². The summed E-state index contributed by atoms with van der Waals surface area (Å²) in [6, 6.07) is 34.6. The zero-order valence-electron chi connectivity index (χ0n) is 85.0. The van der Waals surface area contributed by atoms with Crippen LogP contribution in [0.15, 0.2) is 132 Å². The van der Waals surface area contributed by atoms with E-state index in [4.69, 9.17) is 42.6 Å². The van der Waals surface area contributed by atoms with Crippen molar-refractivity contribution >= 4 is 72.5 Å². The quantitative estimate of drug-likeness (QED) is 0.0519. The van der Waals surface area contributed by atoms with Gasteiger partial charge in [-0.25, -0.2) is 49.4 Å². The monoisotopic (exact) mass is 1910 g/mol. The lowest BCUT2D eigenvalue weighted by molar-refractivity contribution is -0.652. The number of aryl methyl sites for hydroxylation is 18. The molecule has 6 fully saturated rings. The van der Waals surface area contributed by atoms with Crippen LogP contribution in [0.4, 0.5) is 5.69 Å². The van der Waals surface area contributed by atoms with Crippen LogP contribution in [0.5, 0.6) is 0 Å². The second-order valence-electron chi connectivity index (χ2n) is 41.6. The Balaban J connectivity index is 0.0000000970. The van der Waals surface area contributed by atoms with E-state index in [0.29, 0.717) is 42.4 Å². The summed E-state index contributed by atoms with van der Waals surface area (Å²) in [4.78, 5) is 86.3. The molecule has 144 heavy (non-hydrogen) atoms. The molecule has 0 bridgehead atoms. The summed E-state index contributed by atoms with van der Waals surface area (Å²) in [7, 11) is 4.04. The topological polar surface area (TPSA) is 369 Å². The lowest BCUT2D eigenvalue weighted by atomic mass is 9.89. The normalized spacial score (nSPS) is 15.7. The second kappa shape index (κ2) is 34.7. The van der Waals surface area contributed by atoms with Crippen molar-refractivity contribution in [3.05, 3.63) is 253 Å². The van der Waals surface area contributed by atoms with E-state index in [2.05, 4.69) is 192 Å². The number of nitrogens with zero attached hydrogens (tertiary/aromatic N) is 15. The van der Waals surface area contributed by atoms with Gasteiger partial charge in [-0.3, -0.25) is 9.59 Å². The number of imidazole rings is 5. The Hall–Kier alpha value is -15.5. The maximum Gasteiger partial charge on any atom is 0.258 e. The number of carbonyl (C=O) groups is 2. The maximum atomic E-state index is 12.8. The van der Waals surface area contributed by atoms with Crippen LogP contribution < -0.4 is 9.47 Å². The minimum Gasteiger partial charge on any atom is -0.364 e. The van der Waals surface area contributed by atoms with E-state index in [1.54, 1.807) is 4.90 Å². The Bertz CT molecular complexity index is 8550. The molecule has 6 saturated carbocycles. The number of anilines is 1. The van der Waals surface area contributed by atoms with E-state index in [1.807, 2.05) is 129 Å². The zero-order chi connectivity index (χ0) is 99.3. The first-order chi connectivity index (χ1) is 69.4. The fourth-order valence-corrected chi connectivity index (χ4v) is 22.8. The van der Waals surface area contributed by atoms with Crippen molar-refractivity contribution in [1.29, 1.82) is 0 Å². The first-order valence-corrected chi connectivity index (χ1v) is 50.6. The van der Waals surface area contributed by atoms with Gasteiger partial charge in [-0.15, -0.1) is 0 Å². The van der Waals surface area contributed by atoms with E-state index < -0.39 is 0 Å². The number of carbonyl (C=O) groups excluding carboxylic acids is 2. The van der Waals surface area contributed by atoms with Gasteiger partial charge in [0, 0.05) is 168 Å². The average Bonchev–Trinajstić information content (AvgIpc) is 1.56. The number of hydrogen-bond donors (Lipinski definition) is 6. The van der Waals surface area contributed by atoms with Crippen molar-refractivity contribution in [2.24, 2.45) is 7.05 Å². The molecule has 0 radical (unpaired) electrons. The van der Waals surface area contributed by atoms with Crippen molar-refractivity contribution in [3.63, 3.8) is 0 Å². The van der Waals surface area contributed by atoms with Crippen LogP contribution in [0.3, 0.4) is 0 Å². The van der Waals surface area contributed by atoms with E-state index in [1.165, 1.54) is 115 Å². The number of aromatic amines is 6. The van der Waals surface area contributed by atoms with Gasteiger partial charge in [-0.2, -0.15) is 0 Å².